The van der Waals surface area contributed by atoms with Gasteiger partial charge in [-0.05, 0) is 24.1 Å². The molecule has 188 valence electrons. The van der Waals surface area contributed by atoms with Gasteiger partial charge in [-0.3, -0.25) is 10.1 Å². The fraction of sp³-hybridized carbons (Fsp3) is 0.750. The van der Waals surface area contributed by atoms with Crippen molar-refractivity contribution < 1.29 is 9.18 Å². The average Bonchev–Trinajstić information content (AvgIpc) is 3.32. The first kappa shape index (κ1) is 28.2. The van der Waals surface area contributed by atoms with Crippen molar-refractivity contribution in [2.75, 3.05) is 12.3 Å². The van der Waals surface area contributed by atoms with Crippen LogP contribution in [0, 0.1) is 5.82 Å². The predicted octanol–water partition coefficient (Wildman–Crippen LogP) is 7.91. The van der Waals surface area contributed by atoms with E-state index in [4.69, 9.17) is 0 Å². The number of benzene rings is 1. The molecule has 1 heterocycles. The van der Waals surface area contributed by atoms with Gasteiger partial charge in [-0.1, -0.05) is 115 Å². The molecule has 0 bridgehead atoms. The Bertz CT molecular complexity index is 625. The Kier molecular flexibility index (Phi) is 15.6. The van der Waals surface area contributed by atoms with Crippen molar-refractivity contribution in [2.45, 2.75) is 121 Å². The van der Waals surface area contributed by atoms with E-state index in [1.165, 1.54) is 108 Å². The summed E-state index contributed by atoms with van der Waals surface area (Å²) < 4.78 is 13.1. The summed E-state index contributed by atoms with van der Waals surface area (Å²) in [5, 5.41) is 6.51. The third kappa shape index (κ3) is 12.8. The molecule has 2 atom stereocenters. The summed E-state index contributed by atoms with van der Waals surface area (Å²) >= 11 is 1.71. The van der Waals surface area contributed by atoms with Crippen LogP contribution >= 0.6 is 11.8 Å². The molecule has 0 radical (unpaired) electrons. The van der Waals surface area contributed by atoms with Crippen molar-refractivity contribution in [1.82, 2.24) is 10.6 Å². The first-order valence-corrected chi connectivity index (χ1v) is 14.7. The van der Waals surface area contributed by atoms with E-state index in [-0.39, 0.29) is 23.1 Å². The second-order valence-electron chi connectivity index (χ2n) is 9.58. The molecule has 1 fully saturated rings. The molecule has 1 saturated heterocycles. The van der Waals surface area contributed by atoms with Gasteiger partial charge >= 0.3 is 0 Å². The molecule has 0 aliphatic carbocycles. The number of carbonyl (C=O) groups is 1. The molecule has 3 nitrogen and oxygen atoms in total. The van der Waals surface area contributed by atoms with Gasteiger partial charge in [0, 0.05) is 12.3 Å². The third-order valence-corrected chi connectivity index (χ3v) is 7.87. The van der Waals surface area contributed by atoms with Crippen LogP contribution in [-0.2, 0) is 4.79 Å². The second kappa shape index (κ2) is 18.3. The number of nitrogens with one attached hydrogen (secondary N) is 2. The van der Waals surface area contributed by atoms with Crippen molar-refractivity contribution in [3.05, 3.63) is 35.6 Å². The quantitative estimate of drug-likeness (QED) is 0.198. The molecule has 2 N–H and O–H groups in total. The molecule has 1 aliphatic heterocycles. The van der Waals surface area contributed by atoms with Crippen molar-refractivity contribution in [3.8, 4) is 0 Å². The van der Waals surface area contributed by atoms with Gasteiger partial charge in [0.2, 0.25) is 5.91 Å². The van der Waals surface area contributed by atoms with Gasteiger partial charge in [0.15, 0.2) is 0 Å². The van der Waals surface area contributed by atoms with Crippen LogP contribution in [0.25, 0.3) is 0 Å². The summed E-state index contributed by atoms with van der Waals surface area (Å²) in [6.45, 7) is 3.05. The van der Waals surface area contributed by atoms with Crippen LogP contribution in [0.5, 0.6) is 0 Å². The van der Waals surface area contributed by atoms with E-state index in [1.807, 2.05) is 0 Å². The van der Waals surface area contributed by atoms with Crippen LogP contribution in [-0.4, -0.2) is 24.2 Å². The summed E-state index contributed by atoms with van der Waals surface area (Å²) in [5.41, 5.74) is 1.02. The molecule has 2 rings (SSSR count). The summed E-state index contributed by atoms with van der Waals surface area (Å²) in [6, 6.07) is 6.36. The van der Waals surface area contributed by atoms with Crippen molar-refractivity contribution in [2.24, 2.45) is 0 Å². The summed E-state index contributed by atoms with van der Waals surface area (Å²) in [4.78, 5) is 12.4. The fourth-order valence-corrected chi connectivity index (χ4v) is 5.70. The highest BCUT2D eigenvalue weighted by Gasteiger charge is 2.30. The van der Waals surface area contributed by atoms with Gasteiger partial charge in [-0.25, -0.2) is 4.39 Å². The zero-order chi connectivity index (χ0) is 23.6. The monoisotopic (exact) mass is 478 g/mol. The zero-order valence-electron chi connectivity index (χ0n) is 20.9. The van der Waals surface area contributed by atoms with E-state index < -0.39 is 0 Å². The number of unbranched alkanes of at least 4 members (excludes halogenated alkanes) is 15. The zero-order valence-corrected chi connectivity index (χ0v) is 21.7. The van der Waals surface area contributed by atoms with Gasteiger partial charge in [0.25, 0.3) is 0 Å². The lowest BCUT2D eigenvalue weighted by Gasteiger charge is -2.14. The Morgan fingerprint density at radius 1 is 0.848 bits per heavy atom. The Morgan fingerprint density at radius 2 is 1.33 bits per heavy atom. The molecule has 1 unspecified atom stereocenters. The molecule has 0 aromatic heterocycles. The van der Waals surface area contributed by atoms with E-state index in [1.54, 1.807) is 23.9 Å². The molecule has 0 saturated carbocycles. The molecular formula is C28H47FN2OS. The van der Waals surface area contributed by atoms with Crippen LogP contribution in [0.2, 0.25) is 0 Å². The summed E-state index contributed by atoms with van der Waals surface area (Å²) in [5.74, 6) is 0.621. The van der Waals surface area contributed by atoms with Crippen molar-refractivity contribution in [1.29, 1.82) is 0 Å². The van der Waals surface area contributed by atoms with Gasteiger partial charge in [-0.2, -0.15) is 0 Å². The minimum atomic E-state index is -0.227. The number of rotatable bonds is 19. The molecule has 33 heavy (non-hydrogen) atoms. The topological polar surface area (TPSA) is 41.1 Å². The number of hydrogen-bond donors (Lipinski definition) is 2. The molecule has 1 aromatic rings. The molecule has 1 amide bonds. The largest absolute Gasteiger partial charge is 0.355 e. The van der Waals surface area contributed by atoms with Crippen LogP contribution in [0.3, 0.4) is 0 Å². The van der Waals surface area contributed by atoms with E-state index in [0.29, 0.717) is 0 Å². The van der Waals surface area contributed by atoms with Crippen molar-refractivity contribution in [3.63, 3.8) is 0 Å². The first-order valence-electron chi connectivity index (χ1n) is 13.6. The highest BCUT2D eigenvalue weighted by molar-refractivity contribution is 7.99. The Hall–Kier alpha value is -1.07. The summed E-state index contributed by atoms with van der Waals surface area (Å²) in [6.07, 6.45) is 21.8. The normalized spacial score (nSPS) is 18.0. The van der Waals surface area contributed by atoms with E-state index in [2.05, 4.69) is 17.6 Å². The fourth-order valence-electron chi connectivity index (χ4n) is 4.46. The van der Waals surface area contributed by atoms with Crippen molar-refractivity contribution >= 4 is 17.7 Å². The van der Waals surface area contributed by atoms with E-state index >= 15 is 0 Å². The Labute approximate surface area is 206 Å². The van der Waals surface area contributed by atoms with Gasteiger partial charge < -0.3 is 5.32 Å². The van der Waals surface area contributed by atoms with Crippen LogP contribution in [0.15, 0.2) is 24.3 Å². The lowest BCUT2D eigenvalue weighted by Crippen LogP contribution is -2.42. The number of carbonyl (C=O) groups excluding carboxylic acids is 1. The van der Waals surface area contributed by atoms with Crippen LogP contribution in [0.1, 0.15) is 121 Å². The maximum atomic E-state index is 13.1. The van der Waals surface area contributed by atoms with Gasteiger partial charge in [0.1, 0.15) is 5.82 Å². The van der Waals surface area contributed by atoms with E-state index in [0.717, 1.165) is 24.3 Å². The maximum absolute atomic E-state index is 13.1. The third-order valence-electron chi connectivity index (χ3n) is 6.60. The molecule has 5 heteroatoms. The lowest BCUT2D eigenvalue weighted by molar-refractivity contribution is -0.122. The van der Waals surface area contributed by atoms with Gasteiger partial charge in [0.05, 0.1) is 11.4 Å². The minimum absolute atomic E-state index is 0.0666. The predicted molar refractivity (Wildman–Crippen MR) is 141 cm³/mol. The molecule has 0 spiro atoms. The number of thioether (sulfide) groups is 1. The Balaban J connectivity index is 1.34. The van der Waals surface area contributed by atoms with Crippen LogP contribution in [0.4, 0.5) is 4.39 Å². The summed E-state index contributed by atoms with van der Waals surface area (Å²) in [7, 11) is 0. The molecule has 1 aliphatic rings. The van der Waals surface area contributed by atoms with Gasteiger partial charge in [-0.15, -0.1) is 11.8 Å². The smallest absolute Gasteiger partial charge is 0.238 e. The number of hydrogen-bond acceptors (Lipinski definition) is 3. The highest BCUT2D eigenvalue weighted by Crippen LogP contribution is 2.32. The van der Waals surface area contributed by atoms with Crippen LogP contribution < -0.4 is 10.6 Å². The number of amides is 1. The first-order chi connectivity index (χ1) is 16.2. The molecular weight excluding hydrogens is 431 g/mol. The minimum Gasteiger partial charge on any atom is -0.355 e. The van der Waals surface area contributed by atoms with E-state index in [9.17, 15) is 9.18 Å². The second-order valence-corrected chi connectivity index (χ2v) is 10.7. The molecule has 1 aromatic carbocycles. The lowest BCUT2D eigenvalue weighted by atomic mass is 10.0. The Morgan fingerprint density at radius 3 is 1.85 bits per heavy atom. The average molecular weight is 479 g/mol. The standard InChI is InChI=1S/C28H47FN2OS/c1-2-3-4-5-6-7-8-9-10-11-12-13-14-15-16-17-22-30-27(32)26-23-33-28(31-26)24-18-20-25(29)21-19-24/h18-21,26,28,31H,2-17,22-23H2,1H3,(H,30,32)/t26-,28?/m0/s1. The highest BCUT2D eigenvalue weighted by atomic mass is 32.2. The maximum Gasteiger partial charge on any atom is 0.238 e. The number of halogens is 1. The SMILES string of the molecule is CCCCCCCCCCCCCCCCCCNC(=O)[C@@H]1CSC(c2ccc(F)cc2)N1.